The molecular formula is C13H10BrF2N3O. The van der Waals surface area contributed by atoms with Gasteiger partial charge in [-0.25, -0.2) is 13.8 Å². The summed E-state index contributed by atoms with van der Waals surface area (Å²) in [6.07, 6.45) is 0.608. The number of hydrogen-bond acceptors (Lipinski definition) is 3. The molecule has 1 aromatic carbocycles. The number of fused-ring (bicyclic) bond motifs is 1. The van der Waals surface area contributed by atoms with Crippen LogP contribution in [0.3, 0.4) is 0 Å². The SMILES string of the molecule is O=c1[nH]c(-c2ccc(F)c(F)c2Br)nc2c1CCNC2. The lowest BCUT2D eigenvalue weighted by atomic mass is 10.1. The van der Waals surface area contributed by atoms with Crippen LogP contribution in [0.25, 0.3) is 11.4 Å². The Labute approximate surface area is 121 Å². The third kappa shape index (κ3) is 2.16. The van der Waals surface area contributed by atoms with Crippen molar-refractivity contribution < 1.29 is 8.78 Å². The molecule has 0 unspecified atom stereocenters. The number of hydrogen-bond donors (Lipinski definition) is 2. The number of aromatic nitrogens is 2. The van der Waals surface area contributed by atoms with E-state index < -0.39 is 11.6 Å². The maximum Gasteiger partial charge on any atom is 0.254 e. The molecule has 104 valence electrons. The molecule has 3 rings (SSSR count). The van der Waals surface area contributed by atoms with E-state index in [1.165, 1.54) is 6.07 Å². The van der Waals surface area contributed by atoms with Gasteiger partial charge in [0.05, 0.1) is 10.2 Å². The number of aromatic amines is 1. The molecule has 0 amide bonds. The van der Waals surface area contributed by atoms with Crippen molar-refractivity contribution >= 4 is 15.9 Å². The molecule has 0 aliphatic carbocycles. The first-order valence-electron chi connectivity index (χ1n) is 6.04. The molecule has 20 heavy (non-hydrogen) atoms. The van der Waals surface area contributed by atoms with Crippen LogP contribution in [0.15, 0.2) is 21.4 Å². The van der Waals surface area contributed by atoms with Gasteiger partial charge in [0, 0.05) is 17.7 Å². The average molecular weight is 342 g/mol. The molecule has 1 aliphatic heterocycles. The van der Waals surface area contributed by atoms with Crippen LogP contribution in [0.2, 0.25) is 0 Å². The van der Waals surface area contributed by atoms with Crippen LogP contribution in [0.5, 0.6) is 0 Å². The highest BCUT2D eigenvalue weighted by Gasteiger charge is 2.19. The second-order valence-electron chi connectivity index (χ2n) is 4.49. The Hall–Kier alpha value is -1.60. The van der Waals surface area contributed by atoms with Crippen LogP contribution in [0, 0.1) is 11.6 Å². The van der Waals surface area contributed by atoms with E-state index in [9.17, 15) is 13.6 Å². The minimum atomic E-state index is -0.999. The Balaban J connectivity index is 2.19. The molecule has 2 heterocycles. The molecule has 0 bridgehead atoms. The molecule has 0 saturated carbocycles. The summed E-state index contributed by atoms with van der Waals surface area (Å²) in [5.74, 6) is -1.73. The predicted octanol–water partition coefficient (Wildman–Crippen LogP) is 2.12. The number of rotatable bonds is 1. The van der Waals surface area contributed by atoms with Crippen LogP contribution >= 0.6 is 15.9 Å². The zero-order valence-electron chi connectivity index (χ0n) is 10.3. The van der Waals surface area contributed by atoms with Crippen molar-refractivity contribution in [2.45, 2.75) is 13.0 Å². The fraction of sp³-hybridized carbons (Fsp3) is 0.231. The highest BCUT2D eigenvalue weighted by Crippen LogP contribution is 2.29. The summed E-state index contributed by atoms with van der Waals surface area (Å²) in [5.41, 5.74) is 1.37. The molecule has 2 aromatic rings. The molecule has 0 radical (unpaired) electrons. The molecule has 0 atom stereocenters. The predicted molar refractivity (Wildman–Crippen MR) is 73.3 cm³/mol. The normalized spacial score (nSPS) is 14.2. The van der Waals surface area contributed by atoms with Crippen LogP contribution in [0.1, 0.15) is 11.3 Å². The van der Waals surface area contributed by atoms with Gasteiger partial charge in [0.25, 0.3) is 5.56 Å². The molecule has 7 heteroatoms. The van der Waals surface area contributed by atoms with E-state index in [1.54, 1.807) is 0 Å². The van der Waals surface area contributed by atoms with E-state index in [2.05, 4.69) is 31.2 Å². The fourth-order valence-electron chi connectivity index (χ4n) is 2.20. The van der Waals surface area contributed by atoms with Gasteiger partial charge in [0.15, 0.2) is 11.6 Å². The summed E-state index contributed by atoms with van der Waals surface area (Å²) in [4.78, 5) is 19.0. The highest BCUT2D eigenvalue weighted by atomic mass is 79.9. The second kappa shape index (κ2) is 5.06. The number of nitrogens with zero attached hydrogens (tertiary/aromatic N) is 1. The Morgan fingerprint density at radius 3 is 2.90 bits per heavy atom. The first-order valence-corrected chi connectivity index (χ1v) is 6.84. The van der Waals surface area contributed by atoms with Gasteiger partial charge < -0.3 is 10.3 Å². The summed E-state index contributed by atoms with van der Waals surface area (Å²) >= 11 is 3.00. The smallest absolute Gasteiger partial charge is 0.254 e. The lowest BCUT2D eigenvalue weighted by molar-refractivity contribution is 0.504. The van der Waals surface area contributed by atoms with E-state index in [-0.39, 0.29) is 15.9 Å². The quantitative estimate of drug-likeness (QED) is 0.781. The van der Waals surface area contributed by atoms with E-state index >= 15 is 0 Å². The molecule has 1 aromatic heterocycles. The fourth-order valence-corrected chi connectivity index (χ4v) is 2.71. The number of nitrogens with one attached hydrogen (secondary N) is 2. The summed E-state index contributed by atoms with van der Waals surface area (Å²) in [5, 5.41) is 3.12. The third-order valence-corrected chi connectivity index (χ3v) is 4.01. The zero-order valence-corrected chi connectivity index (χ0v) is 11.9. The number of halogens is 3. The van der Waals surface area contributed by atoms with Crippen molar-refractivity contribution in [3.8, 4) is 11.4 Å². The summed E-state index contributed by atoms with van der Waals surface area (Å²) in [6.45, 7) is 1.22. The standard InChI is InChI=1S/C13H10BrF2N3O/c14-10-7(1-2-8(15)11(10)16)12-18-9-5-17-4-3-6(9)13(20)19-12/h1-2,17H,3-5H2,(H,18,19,20). The van der Waals surface area contributed by atoms with Gasteiger partial charge >= 0.3 is 0 Å². The summed E-state index contributed by atoms with van der Waals surface area (Å²) in [7, 11) is 0. The van der Waals surface area contributed by atoms with Gasteiger partial charge in [-0.2, -0.15) is 0 Å². The average Bonchev–Trinajstić information content (AvgIpc) is 2.45. The topological polar surface area (TPSA) is 57.8 Å². The maximum absolute atomic E-state index is 13.6. The van der Waals surface area contributed by atoms with Crippen LogP contribution in [0.4, 0.5) is 8.78 Å². The third-order valence-electron chi connectivity index (χ3n) is 3.24. The minimum Gasteiger partial charge on any atom is -0.311 e. The van der Waals surface area contributed by atoms with Gasteiger partial charge in [-0.15, -0.1) is 0 Å². The van der Waals surface area contributed by atoms with E-state index in [4.69, 9.17) is 0 Å². The van der Waals surface area contributed by atoms with Gasteiger partial charge in [-0.05, 0) is 41.0 Å². The van der Waals surface area contributed by atoms with Crippen LogP contribution in [-0.4, -0.2) is 16.5 Å². The molecule has 4 nitrogen and oxygen atoms in total. The highest BCUT2D eigenvalue weighted by molar-refractivity contribution is 9.10. The van der Waals surface area contributed by atoms with Gasteiger partial charge in [0.1, 0.15) is 5.82 Å². The maximum atomic E-state index is 13.6. The van der Waals surface area contributed by atoms with Crippen molar-refractivity contribution in [1.82, 2.24) is 15.3 Å². The molecule has 0 fully saturated rings. The zero-order chi connectivity index (χ0) is 14.3. The Morgan fingerprint density at radius 1 is 1.30 bits per heavy atom. The van der Waals surface area contributed by atoms with Gasteiger partial charge in [-0.3, -0.25) is 4.79 Å². The minimum absolute atomic E-state index is 0.0515. The number of benzene rings is 1. The Bertz CT molecular complexity index is 745. The Morgan fingerprint density at radius 2 is 2.10 bits per heavy atom. The largest absolute Gasteiger partial charge is 0.311 e. The molecule has 1 aliphatic rings. The van der Waals surface area contributed by atoms with Crippen molar-refractivity contribution in [2.24, 2.45) is 0 Å². The molecule has 0 saturated heterocycles. The van der Waals surface area contributed by atoms with Gasteiger partial charge in [-0.1, -0.05) is 0 Å². The monoisotopic (exact) mass is 341 g/mol. The Kier molecular flexibility index (Phi) is 3.39. The lowest BCUT2D eigenvalue weighted by Crippen LogP contribution is -2.31. The molecule has 0 spiro atoms. The van der Waals surface area contributed by atoms with Crippen molar-refractivity contribution in [3.05, 3.63) is 49.9 Å². The lowest BCUT2D eigenvalue weighted by Gasteiger charge is -2.16. The molecular weight excluding hydrogens is 332 g/mol. The van der Waals surface area contributed by atoms with Crippen molar-refractivity contribution in [1.29, 1.82) is 0 Å². The van der Waals surface area contributed by atoms with Crippen molar-refractivity contribution in [3.63, 3.8) is 0 Å². The molecule has 2 N–H and O–H groups in total. The summed E-state index contributed by atoms with van der Waals surface area (Å²) in [6, 6.07) is 2.39. The van der Waals surface area contributed by atoms with Crippen LogP contribution < -0.4 is 10.9 Å². The van der Waals surface area contributed by atoms with E-state index in [0.717, 1.165) is 12.6 Å². The van der Waals surface area contributed by atoms with E-state index in [1.807, 2.05) is 0 Å². The van der Waals surface area contributed by atoms with Crippen LogP contribution in [-0.2, 0) is 13.0 Å². The second-order valence-corrected chi connectivity index (χ2v) is 5.28. The van der Waals surface area contributed by atoms with E-state index in [0.29, 0.717) is 29.8 Å². The van der Waals surface area contributed by atoms with Gasteiger partial charge in [0.2, 0.25) is 0 Å². The first-order chi connectivity index (χ1) is 9.58. The first kappa shape index (κ1) is 13.4. The summed E-state index contributed by atoms with van der Waals surface area (Å²) < 4.78 is 26.6. The number of H-pyrrole nitrogens is 1. The van der Waals surface area contributed by atoms with Crippen molar-refractivity contribution in [2.75, 3.05) is 6.54 Å².